The van der Waals surface area contributed by atoms with Crippen LogP contribution in [0.2, 0.25) is 0 Å². The molecular formula is C20H16N2O3. The Morgan fingerprint density at radius 3 is 2.08 bits per heavy atom. The van der Waals surface area contributed by atoms with Gasteiger partial charge in [-0.05, 0) is 5.56 Å². The number of hydrogen-bond donors (Lipinski definition) is 0. The fraction of sp³-hybridized carbons (Fsp3) is 0.100. The average molecular weight is 332 g/mol. The minimum Gasteiger partial charge on any atom is -0.459 e. The van der Waals surface area contributed by atoms with Gasteiger partial charge >= 0.3 is 5.97 Å². The molecule has 0 saturated carbocycles. The van der Waals surface area contributed by atoms with Crippen LogP contribution in [0, 0.1) is 0 Å². The summed E-state index contributed by atoms with van der Waals surface area (Å²) in [5.41, 5.74) is 2.09. The molecule has 5 nitrogen and oxygen atoms in total. The second kappa shape index (κ2) is 7.97. The number of Topliss-reactive ketones (excluding diaryl/α,β-unsaturated/α-hetero) is 1. The number of hydrogen-bond acceptors (Lipinski definition) is 5. The third-order valence-electron chi connectivity index (χ3n) is 3.58. The van der Waals surface area contributed by atoms with E-state index >= 15 is 0 Å². The van der Waals surface area contributed by atoms with Crippen LogP contribution in [0.5, 0.6) is 0 Å². The van der Waals surface area contributed by atoms with Crippen molar-refractivity contribution in [3.63, 3.8) is 0 Å². The van der Waals surface area contributed by atoms with Gasteiger partial charge < -0.3 is 4.74 Å². The zero-order valence-electron chi connectivity index (χ0n) is 13.5. The van der Waals surface area contributed by atoms with Gasteiger partial charge in [0, 0.05) is 29.9 Å². The molecule has 0 spiro atoms. The van der Waals surface area contributed by atoms with E-state index in [9.17, 15) is 9.59 Å². The molecule has 25 heavy (non-hydrogen) atoms. The minimum absolute atomic E-state index is 0.103. The van der Waals surface area contributed by atoms with Crippen LogP contribution in [-0.4, -0.2) is 28.3 Å². The molecule has 3 aromatic rings. The Balaban J connectivity index is 1.52. The summed E-state index contributed by atoms with van der Waals surface area (Å²) in [6.07, 6.45) is 3.84. The number of carbonyl (C=O) groups excluding carboxylic acids is 2. The Hall–Kier alpha value is -3.34. The van der Waals surface area contributed by atoms with Crippen LogP contribution >= 0.6 is 0 Å². The lowest BCUT2D eigenvalue weighted by atomic mass is 10.1. The van der Waals surface area contributed by atoms with Crippen LogP contribution in [0.15, 0.2) is 73.1 Å². The maximum Gasteiger partial charge on any atom is 0.379 e. The molecule has 0 radical (unpaired) electrons. The highest BCUT2D eigenvalue weighted by Gasteiger charge is 2.17. The summed E-state index contributed by atoms with van der Waals surface area (Å²) in [6.45, 7) is 0.103. The molecule has 5 heteroatoms. The molecule has 0 aliphatic rings. The van der Waals surface area contributed by atoms with Gasteiger partial charge in [0.05, 0.1) is 6.61 Å². The maximum absolute atomic E-state index is 11.9. The summed E-state index contributed by atoms with van der Waals surface area (Å²) >= 11 is 0. The Morgan fingerprint density at radius 1 is 0.840 bits per heavy atom. The number of ketones is 1. The molecule has 0 amide bonds. The second-order valence-electron chi connectivity index (χ2n) is 5.36. The van der Waals surface area contributed by atoms with Crippen molar-refractivity contribution in [1.82, 2.24) is 9.97 Å². The number of ether oxygens (including phenoxy) is 1. The first-order valence-electron chi connectivity index (χ1n) is 7.87. The van der Waals surface area contributed by atoms with Crippen LogP contribution in [0.1, 0.15) is 15.9 Å². The topological polar surface area (TPSA) is 69.2 Å². The number of aromatic nitrogens is 2. The number of rotatable bonds is 6. The van der Waals surface area contributed by atoms with Gasteiger partial charge in [0.2, 0.25) is 0 Å². The molecule has 1 heterocycles. The molecule has 3 rings (SSSR count). The quantitative estimate of drug-likeness (QED) is 0.394. The third-order valence-corrected chi connectivity index (χ3v) is 3.58. The number of carbonyl (C=O) groups is 2. The van der Waals surface area contributed by atoms with Gasteiger partial charge in [0.1, 0.15) is 0 Å². The first-order chi connectivity index (χ1) is 12.2. The van der Waals surface area contributed by atoms with Gasteiger partial charge in [-0.25, -0.2) is 14.8 Å². The van der Waals surface area contributed by atoms with Crippen LogP contribution in [0.3, 0.4) is 0 Å². The monoisotopic (exact) mass is 332 g/mol. The van der Waals surface area contributed by atoms with Gasteiger partial charge in [-0.1, -0.05) is 60.7 Å². The molecule has 0 saturated heterocycles. The third kappa shape index (κ3) is 4.35. The average Bonchev–Trinajstić information content (AvgIpc) is 2.69. The highest BCUT2D eigenvalue weighted by molar-refractivity contribution is 6.40. The number of esters is 1. The fourth-order valence-corrected chi connectivity index (χ4v) is 2.25. The van der Waals surface area contributed by atoms with Crippen molar-refractivity contribution in [1.29, 1.82) is 0 Å². The highest BCUT2D eigenvalue weighted by atomic mass is 16.5. The summed E-state index contributed by atoms with van der Waals surface area (Å²) in [5.74, 6) is -0.857. The zero-order chi connectivity index (χ0) is 17.5. The van der Waals surface area contributed by atoms with Crippen molar-refractivity contribution in [2.24, 2.45) is 0 Å². The number of nitrogens with zero attached hydrogens (tertiary/aromatic N) is 2. The predicted octanol–water partition coefficient (Wildman–Crippen LogP) is 3.11. The second-order valence-corrected chi connectivity index (χ2v) is 5.36. The van der Waals surface area contributed by atoms with Crippen LogP contribution in [0.25, 0.3) is 11.4 Å². The Bertz CT molecular complexity index is 847. The van der Waals surface area contributed by atoms with Crippen molar-refractivity contribution in [3.05, 3.63) is 84.2 Å². The predicted molar refractivity (Wildman–Crippen MR) is 92.9 cm³/mol. The van der Waals surface area contributed by atoms with E-state index in [1.807, 2.05) is 30.3 Å². The zero-order valence-corrected chi connectivity index (χ0v) is 13.5. The molecule has 0 bridgehead atoms. The minimum atomic E-state index is -0.854. The molecule has 0 fully saturated rings. The summed E-state index contributed by atoms with van der Waals surface area (Å²) in [6, 6.07) is 18.0. The van der Waals surface area contributed by atoms with Gasteiger partial charge in [0.25, 0.3) is 5.78 Å². The molecule has 0 aliphatic heterocycles. The molecule has 0 unspecified atom stereocenters. The van der Waals surface area contributed by atoms with E-state index < -0.39 is 11.8 Å². The fourth-order valence-electron chi connectivity index (χ4n) is 2.25. The lowest BCUT2D eigenvalue weighted by Gasteiger charge is -2.05. The molecule has 1 aromatic heterocycles. The SMILES string of the molecule is O=C(OCCc1cnc(-c2ccccc2)nc1)C(=O)c1ccccc1. The largest absolute Gasteiger partial charge is 0.459 e. The highest BCUT2D eigenvalue weighted by Crippen LogP contribution is 2.13. The van der Waals surface area contributed by atoms with Gasteiger partial charge in [-0.15, -0.1) is 0 Å². The smallest absolute Gasteiger partial charge is 0.379 e. The standard InChI is InChI=1S/C20H16N2O3/c23-18(16-7-3-1-4-8-16)20(24)25-12-11-15-13-21-19(22-14-15)17-9-5-2-6-10-17/h1-10,13-14H,11-12H2. The van der Waals surface area contributed by atoms with Crippen LogP contribution in [-0.2, 0) is 16.0 Å². The van der Waals surface area contributed by atoms with Gasteiger partial charge in [0.15, 0.2) is 5.82 Å². The van der Waals surface area contributed by atoms with Crippen molar-refractivity contribution in [3.8, 4) is 11.4 Å². The molecule has 0 atom stereocenters. The number of benzene rings is 2. The van der Waals surface area contributed by atoms with Gasteiger partial charge in [-0.2, -0.15) is 0 Å². The summed E-state index contributed by atoms with van der Waals surface area (Å²) in [5, 5.41) is 0. The van der Waals surface area contributed by atoms with E-state index in [0.29, 0.717) is 17.8 Å². The van der Waals surface area contributed by atoms with Crippen molar-refractivity contribution < 1.29 is 14.3 Å². The van der Waals surface area contributed by atoms with Crippen molar-refractivity contribution in [2.75, 3.05) is 6.61 Å². The van der Waals surface area contributed by atoms with Gasteiger partial charge in [-0.3, -0.25) is 4.79 Å². The van der Waals surface area contributed by atoms with Crippen LogP contribution < -0.4 is 0 Å². The summed E-state index contributed by atoms with van der Waals surface area (Å²) in [4.78, 5) is 32.3. The molecule has 0 N–H and O–H groups in total. The first-order valence-corrected chi connectivity index (χ1v) is 7.87. The summed E-state index contributed by atoms with van der Waals surface area (Å²) < 4.78 is 5.03. The Kier molecular flexibility index (Phi) is 5.26. The first kappa shape index (κ1) is 16.5. The Labute approximate surface area is 145 Å². The van der Waals surface area contributed by atoms with E-state index in [4.69, 9.17) is 4.74 Å². The van der Waals surface area contributed by atoms with E-state index in [1.165, 1.54) is 0 Å². The maximum atomic E-state index is 11.9. The van der Waals surface area contributed by atoms with Crippen molar-refractivity contribution in [2.45, 2.75) is 6.42 Å². The molecule has 2 aromatic carbocycles. The van der Waals surface area contributed by atoms with Crippen molar-refractivity contribution >= 4 is 11.8 Å². The van der Waals surface area contributed by atoms with E-state index in [1.54, 1.807) is 42.7 Å². The van der Waals surface area contributed by atoms with E-state index in [-0.39, 0.29) is 6.61 Å². The van der Waals surface area contributed by atoms with E-state index in [0.717, 1.165) is 11.1 Å². The van der Waals surface area contributed by atoms with E-state index in [2.05, 4.69) is 9.97 Å². The molecule has 0 aliphatic carbocycles. The Morgan fingerprint density at radius 2 is 1.44 bits per heavy atom. The normalized spacial score (nSPS) is 10.2. The lowest BCUT2D eigenvalue weighted by molar-refractivity contribution is -0.138. The van der Waals surface area contributed by atoms with Crippen LogP contribution in [0.4, 0.5) is 0 Å². The molecular weight excluding hydrogens is 316 g/mol. The summed E-state index contributed by atoms with van der Waals surface area (Å²) in [7, 11) is 0. The lowest BCUT2D eigenvalue weighted by Crippen LogP contribution is -2.18. The molecule has 124 valence electrons.